The van der Waals surface area contributed by atoms with Crippen LogP contribution in [0.15, 0.2) is 49.1 Å². The molecule has 5 amide bonds. The van der Waals surface area contributed by atoms with E-state index < -0.39 is 65.1 Å². The first kappa shape index (κ1) is 25.5. The van der Waals surface area contributed by atoms with E-state index in [4.69, 9.17) is 4.84 Å². The maximum absolute atomic E-state index is 13.5. The van der Waals surface area contributed by atoms with Crippen LogP contribution in [-0.4, -0.2) is 67.3 Å². The number of benzene rings is 1. The molecule has 11 nitrogen and oxygen atoms in total. The van der Waals surface area contributed by atoms with Crippen LogP contribution in [0.1, 0.15) is 16.8 Å². The Bertz CT molecular complexity index is 1250. The van der Waals surface area contributed by atoms with Crippen LogP contribution in [0, 0.1) is 35.5 Å². The topological polar surface area (TPSA) is 142 Å². The number of carbonyl (C=O) groups is 6. The average molecular weight is 522 g/mol. The zero-order valence-electron chi connectivity index (χ0n) is 21.1. The van der Waals surface area contributed by atoms with Crippen LogP contribution >= 0.6 is 0 Å². The highest BCUT2D eigenvalue weighted by Gasteiger charge is 2.71. The van der Waals surface area contributed by atoms with Gasteiger partial charge in [0.2, 0.25) is 28.4 Å². The number of nitrogens with one attached hydrogen (secondary N) is 2. The van der Waals surface area contributed by atoms with Gasteiger partial charge in [0.15, 0.2) is 0 Å². The van der Waals surface area contributed by atoms with Crippen molar-refractivity contribution in [3.63, 3.8) is 0 Å². The first-order chi connectivity index (χ1) is 18.0. The second-order valence-corrected chi connectivity index (χ2v) is 10.6. The van der Waals surface area contributed by atoms with Crippen molar-refractivity contribution in [2.24, 2.45) is 35.5 Å². The minimum absolute atomic E-state index is 0.105. The summed E-state index contributed by atoms with van der Waals surface area (Å²) in [7, 11) is 3.40. The lowest BCUT2D eigenvalue weighted by Gasteiger charge is -2.42. The zero-order valence-corrected chi connectivity index (χ0v) is 21.1. The second kappa shape index (κ2) is 9.32. The maximum atomic E-state index is 13.5. The number of hydrogen-bond acceptors (Lipinski definition) is 7. The lowest BCUT2D eigenvalue weighted by atomic mass is 9.54. The van der Waals surface area contributed by atoms with E-state index in [0.29, 0.717) is 19.5 Å². The van der Waals surface area contributed by atoms with Gasteiger partial charge in [0.1, 0.15) is 26.6 Å². The Morgan fingerprint density at radius 3 is 2.42 bits per heavy atom. The van der Waals surface area contributed by atoms with E-state index in [9.17, 15) is 28.8 Å². The largest absolute Gasteiger partial charge is 0.558 e. The van der Waals surface area contributed by atoms with Crippen LogP contribution in [0.5, 0.6) is 0 Å². The van der Waals surface area contributed by atoms with Crippen molar-refractivity contribution in [3.8, 4) is 0 Å². The maximum Gasteiger partial charge on any atom is 0.558 e. The summed E-state index contributed by atoms with van der Waals surface area (Å²) in [6.45, 7) is 4.22. The summed E-state index contributed by atoms with van der Waals surface area (Å²) in [5, 5.41) is 5.02. The Kier molecular flexibility index (Phi) is 6.26. The van der Waals surface area contributed by atoms with Gasteiger partial charge < -0.3 is 5.32 Å². The van der Waals surface area contributed by atoms with Crippen LogP contribution in [0.2, 0.25) is 0 Å². The molecule has 6 rings (SSSR count). The van der Waals surface area contributed by atoms with Crippen molar-refractivity contribution in [2.75, 3.05) is 32.1 Å². The molecular weight excluding hydrogens is 492 g/mol. The molecule has 2 N–H and O–H groups in total. The number of rotatable bonds is 8. The highest BCUT2D eigenvalue weighted by atomic mass is 16.7. The number of quaternary nitrogens is 1. The van der Waals surface area contributed by atoms with Crippen molar-refractivity contribution in [3.05, 3.63) is 54.6 Å². The van der Waals surface area contributed by atoms with Gasteiger partial charge in [-0.1, -0.05) is 24.8 Å². The number of amides is 5. The molecule has 3 aliphatic carbocycles. The summed E-state index contributed by atoms with van der Waals surface area (Å²) < 4.78 is -0.105. The molecule has 11 heteroatoms. The summed E-state index contributed by atoms with van der Waals surface area (Å²) in [6, 6.07) is 6.11. The fraction of sp³-hybridized carbons (Fsp3) is 0.407. The van der Waals surface area contributed by atoms with Gasteiger partial charge in [0.25, 0.3) is 0 Å². The molecule has 197 valence electrons. The molecule has 2 bridgehead atoms. The standard InChI is InChI=1S/C27H28N4O7/c1-4-18(32)28-11-6-12-31(2,3)38-27(37)14-7-5-8-15(13-14)30-25(35)21-16-9-10-17(22(21)26(30)36)20-19(16)23(33)29-24(20)34/h4-5,7-10,13,16-17,19-22H,1,6,11-12H2,2-3H3,(H-,28,29,32,33,34)/q+1/p+1. The number of nitrogens with zero attached hydrogens (tertiary/aromatic N) is 2. The summed E-state index contributed by atoms with van der Waals surface area (Å²) in [5.41, 5.74) is 0.401. The Labute approximate surface area is 219 Å². The predicted molar refractivity (Wildman–Crippen MR) is 132 cm³/mol. The first-order valence-corrected chi connectivity index (χ1v) is 12.5. The number of hydroxylamine groups is 3. The molecule has 0 aromatic heterocycles. The highest BCUT2D eigenvalue weighted by molar-refractivity contribution is 6.23. The Morgan fingerprint density at radius 1 is 1.11 bits per heavy atom. The first-order valence-electron chi connectivity index (χ1n) is 12.5. The van der Waals surface area contributed by atoms with Gasteiger partial charge >= 0.3 is 11.9 Å². The molecule has 0 spiro atoms. The van der Waals surface area contributed by atoms with Gasteiger partial charge in [-0.3, -0.25) is 29.3 Å². The minimum Gasteiger partial charge on any atom is -0.352 e. The van der Waals surface area contributed by atoms with Crippen molar-refractivity contribution < 1.29 is 38.3 Å². The highest BCUT2D eigenvalue weighted by Crippen LogP contribution is 2.56. The van der Waals surface area contributed by atoms with E-state index in [2.05, 4.69) is 17.2 Å². The third-order valence-corrected chi connectivity index (χ3v) is 7.88. The van der Waals surface area contributed by atoms with E-state index in [-0.39, 0.29) is 21.8 Å². The van der Waals surface area contributed by atoms with Gasteiger partial charge in [-0.2, -0.15) is 4.90 Å². The van der Waals surface area contributed by atoms with Crippen LogP contribution < -0.4 is 15.5 Å². The van der Waals surface area contributed by atoms with Crippen LogP contribution in [0.25, 0.3) is 0 Å². The van der Waals surface area contributed by atoms with Gasteiger partial charge in [-0.05, 0) is 24.3 Å². The smallest absolute Gasteiger partial charge is 0.352 e. The number of carbonyl (C=O) groups excluding carboxylic acids is 6. The van der Waals surface area contributed by atoms with Crippen molar-refractivity contribution in [2.45, 2.75) is 6.42 Å². The normalized spacial score (nSPS) is 29.2. The molecule has 6 unspecified atom stereocenters. The van der Waals surface area contributed by atoms with Crippen LogP contribution in [-0.2, 0) is 28.8 Å². The number of imide groups is 2. The predicted octanol–water partition coefficient (Wildman–Crippen LogP) is 0.337. The van der Waals surface area contributed by atoms with Gasteiger partial charge in [-0.25, -0.2) is 4.79 Å². The van der Waals surface area contributed by atoms with Crippen molar-refractivity contribution in [1.82, 2.24) is 10.6 Å². The van der Waals surface area contributed by atoms with Gasteiger partial charge in [0, 0.05) is 24.8 Å². The molecule has 2 aliphatic heterocycles. The third kappa shape index (κ3) is 4.12. The molecule has 2 heterocycles. The molecule has 6 atom stereocenters. The summed E-state index contributed by atoms with van der Waals surface area (Å²) in [4.78, 5) is 82.9. The van der Waals surface area contributed by atoms with Crippen LogP contribution in [0.3, 0.4) is 0 Å². The molecule has 1 radical (unpaired) electrons. The SMILES string of the molecule is C=CC(=O)NCCC[N+](C)(C)OC(=O)c1cccc(N2C(=O)C3C4C=CC(C5C(=O)NC(=O)C45)C3C2=[O+])c1. The summed E-state index contributed by atoms with van der Waals surface area (Å²) >= 11 is 0. The van der Waals surface area contributed by atoms with Gasteiger partial charge in [-0.15, -0.1) is 4.65 Å². The van der Waals surface area contributed by atoms with E-state index in [1.807, 2.05) is 0 Å². The summed E-state index contributed by atoms with van der Waals surface area (Å²) in [5.74, 6) is -6.43. The van der Waals surface area contributed by atoms with Crippen molar-refractivity contribution >= 4 is 41.2 Å². The second-order valence-electron chi connectivity index (χ2n) is 10.6. The monoisotopic (exact) mass is 521 g/mol. The molecule has 1 saturated carbocycles. The van der Waals surface area contributed by atoms with Gasteiger partial charge in [0.05, 0.1) is 29.0 Å². The lowest BCUT2D eigenvalue weighted by Crippen LogP contribution is -2.50. The fourth-order valence-corrected chi connectivity index (χ4v) is 6.24. The Morgan fingerprint density at radius 2 is 1.76 bits per heavy atom. The lowest BCUT2D eigenvalue weighted by molar-refractivity contribution is -1.06. The fourth-order valence-electron chi connectivity index (χ4n) is 6.24. The molecule has 1 aromatic rings. The molecular formula is C27H29N4O7+2. The molecule has 2 saturated heterocycles. The minimum atomic E-state index is -0.733. The van der Waals surface area contributed by atoms with E-state index in [1.54, 1.807) is 38.4 Å². The summed E-state index contributed by atoms with van der Waals surface area (Å²) in [6.07, 6.45) is 5.31. The number of hydrogen-bond donors (Lipinski definition) is 2. The van der Waals surface area contributed by atoms with E-state index >= 15 is 0 Å². The number of anilines is 1. The average Bonchev–Trinajstić information content (AvgIpc) is 3.35. The Balaban J connectivity index is 1.31. The molecule has 3 fully saturated rings. The quantitative estimate of drug-likeness (QED) is 0.0956. The molecule has 5 aliphatic rings. The zero-order chi connectivity index (χ0) is 27.4. The number of allylic oxidation sites excluding steroid dienone is 2. The Hall–Kier alpha value is -4.12. The molecule has 38 heavy (non-hydrogen) atoms. The molecule has 1 aromatic carbocycles. The van der Waals surface area contributed by atoms with Crippen LogP contribution in [0.4, 0.5) is 5.69 Å². The van der Waals surface area contributed by atoms with E-state index in [1.165, 1.54) is 18.2 Å². The van der Waals surface area contributed by atoms with Crippen molar-refractivity contribution in [1.29, 1.82) is 0 Å². The van der Waals surface area contributed by atoms with E-state index in [0.717, 1.165) is 4.90 Å². The third-order valence-electron chi connectivity index (χ3n) is 7.88.